The number of hydrogen-bond donors (Lipinski definition) is 4. The Morgan fingerprint density at radius 1 is 0.659 bits per heavy atom. The van der Waals surface area contributed by atoms with Crippen LogP contribution < -0.4 is 16.0 Å². The molecule has 3 amide bonds. The summed E-state index contributed by atoms with van der Waals surface area (Å²) in [5.41, 5.74) is 2.14. The third kappa shape index (κ3) is 9.61. The second kappa shape index (κ2) is 15.6. The summed E-state index contributed by atoms with van der Waals surface area (Å²) in [6, 6.07) is 24.1. The Balaban J connectivity index is 1.86. The van der Waals surface area contributed by atoms with E-state index in [0.29, 0.717) is 0 Å². The van der Waals surface area contributed by atoms with Gasteiger partial charge in [-0.05, 0) is 23.6 Å². The molecular formula is C31H34N4O6. The third-order valence-electron chi connectivity index (χ3n) is 6.38. The molecule has 0 saturated heterocycles. The summed E-state index contributed by atoms with van der Waals surface area (Å²) in [7, 11) is 1.24. The van der Waals surface area contributed by atoms with E-state index in [1.807, 2.05) is 66.7 Å². The van der Waals surface area contributed by atoms with Crippen LogP contribution in [0, 0.1) is 0 Å². The lowest BCUT2D eigenvalue weighted by molar-refractivity contribution is -0.145. The van der Waals surface area contributed by atoms with Gasteiger partial charge in [-0.25, -0.2) is 4.79 Å². The van der Waals surface area contributed by atoms with Crippen molar-refractivity contribution in [3.63, 3.8) is 0 Å². The number of carbonyl (C=O) groups is 4. The van der Waals surface area contributed by atoms with Gasteiger partial charge < -0.3 is 25.9 Å². The van der Waals surface area contributed by atoms with E-state index in [9.17, 15) is 19.2 Å². The van der Waals surface area contributed by atoms with Gasteiger partial charge in [-0.3, -0.25) is 14.4 Å². The summed E-state index contributed by atoms with van der Waals surface area (Å²) >= 11 is 0. The minimum absolute atomic E-state index is 0.121. The number of amides is 3. The number of rotatable bonds is 13. The Kier molecular flexibility index (Phi) is 11.6. The van der Waals surface area contributed by atoms with Gasteiger partial charge in [0, 0.05) is 19.3 Å². The first-order valence-corrected chi connectivity index (χ1v) is 13.1. The van der Waals surface area contributed by atoms with Crippen LogP contribution in [0.1, 0.15) is 23.6 Å². The fourth-order valence-electron chi connectivity index (χ4n) is 4.16. The van der Waals surface area contributed by atoms with Gasteiger partial charge in [0.2, 0.25) is 11.8 Å². The molecule has 0 fully saturated rings. The standard InChI is InChI=1S/C31H34N4O6/c1-21(35-40)28(36)32-25(18-22-12-6-3-7-13-22)29(37)33-26(19-23-14-8-4-9-15-23)30(38)34-27(31(39)41-2)20-24-16-10-5-11-17-24/h3-17,25-27,40H,18-20H2,1-2H3,(H,32,36)(H,33,37)(H,34,38)/b35-21+/t25-,26-,27-/m0/s1. The molecule has 3 aromatic carbocycles. The average Bonchev–Trinajstić information content (AvgIpc) is 3.00. The average molecular weight is 559 g/mol. The van der Waals surface area contributed by atoms with Gasteiger partial charge in [-0.1, -0.05) is 96.2 Å². The fraction of sp³-hybridized carbons (Fsp3) is 0.258. The smallest absolute Gasteiger partial charge is 0.328 e. The highest BCUT2D eigenvalue weighted by Gasteiger charge is 2.31. The summed E-state index contributed by atoms with van der Waals surface area (Å²) < 4.78 is 4.93. The highest BCUT2D eigenvalue weighted by Crippen LogP contribution is 2.09. The van der Waals surface area contributed by atoms with Crippen LogP contribution in [-0.4, -0.2) is 59.8 Å². The van der Waals surface area contributed by atoms with Gasteiger partial charge in [-0.2, -0.15) is 0 Å². The first-order chi connectivity index (χ1) is 19.8. The molecule has 0 bridgehead atoms. The Morgan fingerprint density at radius 2 is 1.02 bits per heavy atom. The zero-order chi connectivity index (χ0) is 29.6. The van der Waals surface area contributed by atoms with Crippen LogP contribution in [0.3, 0.4) is 0 Å². The SMILES string of the molecule is COC(=O)[C@H](Cc1ccccc1)NC(=O)[C@H](Cc1ccccc1)NC(=O)[C@H](Cc1ccccc1)NC(=O)/C(C)=N/O. The molecular weight excluding hydrogens is 524 g/mol. The Labute approximate surface area is 238 Å². The van der Waals surface area contributed by atoms with E-state index in [2.05, 4.69) is 21.1 Å². The van der Waals surface area contributed by atoms with E-state index in [1.165, 1.54) is 14.0 Å². The lowest BCUT2D eigenvalue weighted by Crippen LogP contribution is -2.57. The van der Waals surface area contributed by atoms with Crippen molar-refractivity contribution < 1.29 is 29.1 Å². The number of benzene rings is 3. The molecule has 0 aliphatic heterocycles. The molecule has 0 aromatic heterocycles. The van der Waals surface area contributed by atoms with Crippen molar-refractivity contribution in [2.75, 3.05) is 7.11 Å². The normalized spacial score (nSPS) is 13.3. The number of nitrogens with zero attached hydrogens (tertiary/aromatic N) is 1. The molecule has 214 valence electrons. The van der Waals surface area contributed by atoms with Crippen molar-refractivity contribution in [1.82, 2.24) is 16.0 Å². The number of ether oxygens (including phenoxy) is 1. The number of methoxy groups -OCH3 is 1. The van der Waals surface area contributed by atoms with Crippen molar-refractivity contribution in [1.29, 1.82) is 0 Å². The topological polar surface area (TPSA) is 146 Å². The monoisotopic (exact) mass is 558 g/mol. The number of oxime groups is 1. The molecule has 10 heteroatoms. The predicted octanol–water partition coefficient (Wildman–Crippen LogP) is 2.19. The van der Waals surface area contributed by atoms with E-state index in [-0.39, 0.29) is 25.0 Å². The molecule has 0 unspecified atom stereocenters. The number of esters is 1. The Hall–Kier alpha value is -4.99. The van der Waals surface area contributed by atoms with E-state index in [1.54, 1.807) is 24.3 Å². The lowest BCUT2D eigenvalue weighted by Gasteiger charge is -2.25. The molecule has 0 aliphatic carbocycles. The van der Waals surface area contributed by atoms with Crippen LogP contribution in [0.4, 0.5) is 0 Å². The van der Waals surface area contributed by atoms with Crippen LogP contribution in [0.25, 0.3) is 0 Å². The Morgan fingerprint density at radius 3 is 1.41 bits per heavy atom. The fourth-order valence-corrected chi connectivity index (χ4v) is 4.16. The summed E-state index contributed by atoms with van der Waals surface area (Å²) in [4.78, 5) is 52.2. The van der Waals surface area contributed by atoms with E-state index in [0.717, 1.165) is 16.7 Å². The molecule has 3 atom stereocenters. The van der Waals surface area contributed by atoms with E-state index in [4.69, 9.17) is 9.94 Å². The second-order valence-electron chi connectivity index (χ2n) is 9.43. The van der Waals surface area contributed by atoms with Gasteiger partial charge in [0.1, 0.15) is 23.8 Å². The van der Waals surface area contributed by atoms with Gasteiger partial charge >= 0.3 is 5.97 Å². The summed E-state index contributed by atoms with van der Waals surface area (Å²) in [6.45, 7) is 1.30. The van der Waals surface area contributed by atoms with Crippen LogP contribution in [0.15, 0.2) is 96.2 Å². The van der Waals surface area contributed by atoms with Crippen LogP contribution >= 0.6 is 0 Å². The molecule has 41 heavy (non-hydrogen) atoms. The first kappa shape index (κ1) is 30.6. The van der Waals surface area contributed by atoms with Gasteiger partial charge in [0.25, 0.3) is 5.91 Å². The second-order valence-corrected chi connectivity index (χ2v) is 9.43. The molecule has 0 radical (unpaired) electrons. The van der Waals surface area contributed by atoms with Crippen LogP contribution in [0.5, 0.6) is 0 Å². The minimum atomic E-state index is -1.09. The van der Waals surface area contributed by atoms with Crippen molar-refractivity contribution in [2.45, 2.75) is 44.3 Å². The summed E-state index contributed by atoms with van der Waals surface area (Å²) in [5.74, 6) is -2.57. The van der Waals surface area contributed by atoms with E-state index < -0.39 is 41.8 Å². The highest BCUT2D eigenvalue weighted by molar-refractivity contribution is 6.38. The molecule has 4 N–H and O–H groups in total. The molecule has 3 rings (SSSR count). The number of carbonyl (C=O) groups excluding carboxylic acids is 4. The number of nitrogens with one attached hydrogen (secondary N) is 3. The third-order valence-corrected chi connectivity index (χ3v) is 6.38. The van der Waals surface area contributed by atoms with Gasteiger partial charge in [-0.15, -0.1) is 0 Å². The quantitative estimate of drug-likeness (QED) is 0.110. The van der Waals surface area contributed by atoms with Crippen LogP contribution in [0.2, 0.25) is 0 Å². The highest BCUT2D eigenvalue weighted by atomic mass is 16.5. The zero-order valence-electron chi connectivity index (χ0n) is 22.9. The molecule has 0 spiro atoms. The zero-order valence-corrected chi connectivity index (χ0v) is 22.9. The molecule has 0 saturated carbocycles. The molecule has 10 nitrogen and oxygen atoms in total. The predicted molar refractivity (Wildman–Crippen MR) is 153 cm³/mol. The van der Waals surface area contributed by atoms with Crippen molar-refractivity contribution in [3.05, 3.63) is 108 Å². The number of hydrogen-bond acceptors (Lipinski definition) is 7. The van der Waals surface area contributed by atoms with E-state index >= 15 is 0 Å². The summed E-state index contributed by atoms with van der Waals surface area (Å²) in [6.07, 6.45) is 0.439. The Bertz CT molecular complexity index is 1330. The maximum atomic E-state index is 13.6. The molecule has 0 heterocycles. The molecule has 0 aliphatic rings. The van der Waals surface area contributed by atoms with Crippen LogP contribution in [-0.2, 0) is 43.2 Å². The van der Waals surface area contributed by atoms with Crippen molar-refractivity contribution in [3.8, 4) is 0 Å². The van der Waals surface area contributed by atoms with Gasteiger partial charge in [0.05, 0.1) is 7.11 Å². The lowest BCUT2D eigenvalue weighted by atomic mass is 10.0. The first-order valence-electron chi connectivity index (χ1n) is 13.1. The summed E-state index contributed by atoms with van der Waals surface area (Å²) in [5, 5.41) is 20.0. The maximum absolute atomic E-state index is 13.6. The largest absolute Gasteiger partial charge is 0.467 e. The molecule has 3 aromatic rings. The maximum Gasteiger partial charge on any atom is 0.328 e. The van der Waals surface area contributed by atoms with Crippen molar-refractivity contribution >= 4 is 29.4 Å². The minimum Gasteiger partial charge on any atom is -0.467 e. The van der Waals surface area contributed by atoms with Crippen molar-refractivity contribution in [2.24, 2.45) is 5.16 Å². The van der Waals surface area contributed by atoms with Gasteiger partial charge in [0.15, 0.2) is 0 Å².